The van der Waals surface area contributed by atoms with Crippen LogP contribution in [0, 0.1) is 0 Å². The quantitative estimate of drug-likeness (QED) is 0.880. The highest BCUT2D eigenvalue weighted by molar-refractivity contribution is 5.92. The Labute approximate surface area is 162 Å². The Bertz CT molecular complexity index is 777. The molecule has 0 bridgehead atoms. The highest BCUT2D eigenvalue weighted by atomic mass is 16.1. The van der Waals surface area contributed by atoms with Gasteiger partial charge in [0, 0.05) is 38.9 Å². The lowest BCUT2D eigenvalue weighted by Gasteiger charge is -2.37. The van der Waals surface area contributed by atoms with Crippen LogP contribution in [0.2, 0.25) is 0 Å². The predicted octanol–water partition coefficient (Wildman–Crippen LogP) is 3.46. The smallest absolute Gasteiger partial charge is 0.269 e. The first-order chi connectivity index (χ1) is 12.9. The number of amides is 1. The van der Waals surface area contributed by atoms with Crippen LogP contribution in [0.25, 0.3) is 0 Å². The van der Waals surface area contributed by atoms with E-state index in [1.807, 2.05) is 6.07 Å². The molecule has 1 aromatic heterocycles. The van der Waals surface area contributed by atoms with Crippen LogP contribution >= 0.6 is 0 Å². The third-order valence-corrected chi connectivity index (χ3v) is 5.73. The second-order valence-corrected chi connectivity index (χ2v) is 7.74. The van der Waals surface area contributed by atoms with Crippen molar-refractivity contribution in [3.63, 3.8) is 0 Å². The summed E-state index contributed by atoms with van der Waals surface area (Å²) < 4.78 is 0. The fourth-order valence-electron chi connectivity index (χ4n) is 3.39. The summed E-state index contributed by atoms with van der Waals surface area (Å²) in [7, 11) is 1.62. The van der Waals surface area contributed by atoms with E-state index in [0.717, 1.165) is 38.3 Å². The molecule has 1 N–H and O–H groups in total. The highest BCUT2D eigenvalue weighted by Gasteiger charge is 2.21. The SMILES string of the molecule is CCC(C)(C)c1cccc(N2CCN(c3ccc(C(=O)NC)nc3)CC2)c1. The number of benzene rings is 1. The summed E-state index contributed by atoms with van der Waals surface area (Å²) in [5.74, 6) is -0.152. The third kappa shape index (κ3) is 4.24. The standard InChI is InChI=1S/C22H30N4O/c1-5-22(2,3)17-7-6-8-18(15-17)25-11-13-26(14-12-25)19-9-10-20(24-16-19)21(27)23-4/h6-10,15-16H,5,11-14H2,1-4H3,(H,23,27). The number of rotatable bonds is 5. The van der Waals surface area contributed by atoms with Crippen molar-refractivity contribution >= 4 is 17.3 Å². The van der Waals surface area contributed by atoms with Gasteiger partial charge in [0.25, 0.3) is 5.91 Å². The van der Waals surface area contributed by atoms with Crippen LogP contribution in [-0.2, 0) is 5.41 Å². The predicted molar refractivity (Wildman–Crippen MR) is 112 cm³/mol. The van der Waals surface area contributed by atoms with Gasteiger partial charge in [-0.25, -0.2) is 4.98 Å². The number of piperazine rings is 1. The van der Waals surface area contributed by atoms with Crippen LogP contribution in [-0.4, -0.2) is 44.1 Å². The largest absolute Gasteiger partial charge is 0.368 e. The van der Waals surface area contributed by atoms with Crippen molar-refractivity contribution in [1.82, 2.24) is 10.3 Å². The van der Waals surface area contributed by atoms with Crippen LogP contribution in [0.4, 0.5) is 11.4 Å². The van der Waals surface area contributed by atoms with Gasteiger partial charge in [-0.2, -0.15) is 0 Å². The number of nitrogens with zero attached hydrogens (tertiary/aromatic N) is 3. The zero-order chi connectivity index (χ0) is 19.4. The van der Waals surface area contributed by atoms with Gasteiger partial charge in [-0.05, 0) is 41.7 Å². The third-order valence-electron chi connectivity index (χ3n) is 5.73. The summed E-state index contributed by atoms with van der Waals surface area (Å²) >= 11 is 0. The monoisotopic (exact) mass is 366 g/mol. The van der Waals surface area contributed by atoms with E-state index in [4.69, 9.17) is 0 Å². The minimum atomic E-state index is -0.152. The molecule has 1 saturated heterocycles. The van der Waals surface area contributed by atoms with Crippen LogP contribution in [0.5, 0.6) is 0 Å². The number of nitrogens with one attached hydrogen (secondary N) is 1. The maximum Gasteiger partial charge on any atom is 0.269 e. The summed E-state index contributed by atoms with van der Waals surface area (Å²) in [5, 5.41) is 2.60. The zero-order valence-corrected chi connectivity index (χ0v) is 16.8. The van der Waals surface area contributed by atoms with Crippen molar-refractivity contribution in [3.8, 4) is 0 Å². The molecule has 3 rings (SSSR count). The molecule has 0 saturated carbocycles. The lowest BCUT2D eigenvalue weighted by Crippen LogP contribution is -2.46. The van der Waals surface area contributed by atoms with Crippen molar-refractivity contribution in [1.29, 1.82) is 0 Å². The van der Waals surface area contributed by atoms with Crippen LogP contribution in [0.15, 0.2) is 42.6 Å². The van der Waals surface area contributed by atoms with E-state index in [0.29, 0.717) is 5.69 Å². The highest BCUT2D eigenvalue weighted by Crippen LogP contribution is 2.30. The fraction of sp³-hybridized carbons (Fsp3) is 0.455. The van der Waals surface area contributed by atoms with Gasteiger partial charge < -0.3 is 15.1 Å². The first-order valence-corrected chi connectivity index (χ1v) is 9.73. The Kier molecular flexibility index (Phi) is 5.68. The van der Waals surface area contributed by atoms with Crippen molar-refractivity contribution < 1.29 is 4.79 Å². The summed E-state index contributed by atoms with van der Waals surface area (Å²) in [5.41, 5.74) is 4.44. The second kappa shape index (κ2) is 7.99. The maximum absolute atomic E-state index is 11.6. The molecule has 0 radical (unpaired) electrons. The van der Waals surface area contributed by atoms with Gasteiger partial charge in [0.2, 0.25) is 0 Å². The lowest BCUT2D eigenvalue weighted by atomic mass is 9.82. The topological polar surface area (TPSA) is 48.5 Å². The van der Waals surface area contributed by atoms with Gasteiger partial charge >= 0.3 is 0 Å². The Balaban J connectivity index is 1.65. The molecule has 144 valence electrons. The first kappa shape index (κ1) is 19.2. The summed E-state index contributed by atoms with van der Waals surface area (Å²) in [6.45, 7) is 10.7. The molecule has 5 heteroatoms. The molecule has 0 spiro atoms. The summed E-state index contributed by atoms with van der Waals surface area (Å²) in [6.07, 6.45) is 2.92. The first-order valence-electron chi connectivity index (χ1n) is 9.73. The van der Waals surface area contributed by atoms with E-state index in [9.17, 15) is 4.79 Å². The van der Waals surface area contributed by atoms with Gasteiger partial charge in [-0.15, -0.1) is 0 Å². The number of pyridine rings is 1. The van der Waals surface area contributed by atoms with Crippen LogP contribution in [0.3, 0.4) is 0 Å². The number of anilines is 2. The second-order valence-electron chi connectivity index (χ2n) is 7.74. The minimum Gasteiger partial charge on any atom is -0.368 e. The van der Waals surface area contributed by atoms with E-state index < -0.39 is 0 Å². The molecule has 1 amide bonds. The number of carbonyl (C=O) groups excluding carboxylic acids is 1. The van der Waals surface area contributed by atoms with Crippen molar-refractivity contribution in [2.45, 2.75) is 32.6 Å². The van der Waals surface area contributed by atoms with Gasteiger partial charge in [0.1, 0.15) is 5.69 Å². The minimum absolute atomic E-state index is 0.152. The number of hydrogen-bond acceptors (Lipinski definition) is 4. The Hall–Kier alpha value is -2.56. The van der Waals surface area contributed by atoms with Crippen molar-refractivity contribution in [2.24, 2.45) is 0 Å². The average molecular weight is 367 g/mol. The van der Waals surface area contributed by atoms with Gasteiger partial charge in [-0.1, -0.05) is 32.9 Å². The lowest BCUT2D eigenvalue weighted by molar-refractivity contribution is 0.0958. The Morgan fingerprint density at radius 1 is 1.07 bits per heavy atom. The van der Waals surface area contributed by atoms with Crippen molar-refractivity contribution in [2.75, 3.05) is 43.0 Å². The molecule has 1 aliphatic heterocycles. The number of carbonyl (C=O) groups is 1. The Morgan fingerprint density at radius 2 is 1.74 bits per heavy atom. The van der Waals surface area contributed by atoms with Gasteiger partial charge in [0.15, 0.2) is 0 Å². The summed E-state index contributed by atoms with van der Waals surface area (Å²) in [6, 6.07) is 12.7. The van der Waals surface area contributed by atoms with Crippen LogP contribution < -0.4 is 15.1 Å². The zero-order valence-electron chi connectivity index (χ0n) is 16.8. The molecule has 5 nitrogen and oxygen atoms in total. The number of hydrogen-bond donors (Lipinski definition) is 1. The fourth-order valence-corrected chi connectivity index (χ4v) is 3.39. The normalized spacial score (nSPS) is 15.0. The molecule has 2 aromatic rings. The molecular formula is C22H30N4O. The molecule has 1 aromatic carbocycles. The summed E-state index contributed by atoms with van der Waals surface area (Å²) in [4.78, 5) is 20.7. The van der Waals surface area contributed by atoms with Crippen LogP contribution in [0.1, 0.15) is 43.2 Å². The molecule has 2 heterocycles. The maximum atomic E-state index is 11.6. The van der Waals surface area contributed by atoms with Gasteiger partial charge in [0.05, 0.1) is 11.9 Å². The molecule has 1 aliphatic rings. The van der Waals surface area contributed by atoms with E-state index >= 15 is 0 Å². The van der Waals surface area contributed by atoms with Crippen molar-refractivity contribution in [3.05, 3.63) is 53.9 Å². The molecule has 27 heavy (non-hydrogen) atoms. The van der Waals surface area contributed by atoms with E-state index in [1.165, 1.54) is 11.3 Å². The number of aromatic nitrogens is 1. The van der Waals surface area contributed by atoms with E-state index in [1.54, 1.807) is 19.3 Å². The molecular weight excluding hydrogens is 336 g/mol. The van der Waals surface area contributed by atoms with Gasteiger partial charge in [-0.3, -0.25) is 4.79 Å². The molecule has 1 fully saturated rings. The molecule has 0 aliphatic carbocycles. The average Bonchev–Trinajstić information content (AvgIpc) is 2.73. The van der Waals surface area contributed by atoms with E-state index in [2.05, 4.69) is 65.1 Å². The molecule has 0 atom stereocenters. The Morgan fingerprint density at radius 3 is 2.30 bits per heavy atom. The van der Waals surface area contributed by atoms with E-state index in [-0.39, 0.29) is 11.3 Å². The molecule has 0 unspecified atom stereocenters.